The number of rotatable bonds is 6. The van der Waals surface area contributed by atoms with Gasteiger partial charge in [0.15, 0.2) is 0 Å². The molecule has 1 saturated heterocycles. The number of nitrogens with zero attached hydrogens (tertiary/aromatic N) is 3. The lowest BCUT2D eigenvalue weighted by molar-refractivity contribution is 0.0950. The average Bonchev–Trinajstić information content (AvgIpc) is 3.54. The van der Waals surface area contributed by atoms with Crippen LogP contribution >= 0.6 is 0 Å². The van der Waals surface area contributed by atoms with Crippen molar-refractivity contribution in [1.29, 1.82) is 0 Å². The molecule has 0 saturated carbocycles. The van der Waals surface area contributed by atoms with Crippen molar-refractivity contribution < 1.29 is 13.2 Å². The molecular weight excluding hydrogens is 436 g/mol. The molecule has 0 atom stereocenters. The van der Waals surface area contributed by atoms with E-state index in [0.29, 0.717) is 30.8 Å². The molecule has 2 aliphatic rings. The zero-order valence-corrected chi connectivity index (χ0v) is 19.1. The Balaban J connectivity index is 1.27. The van der Waals surface area contributed by atoms with Crippen LogP contribution in [0.25, 0.3) is 0 Å². The minimum Gasteiger partial charge on any atom is -0.357 e. The average molecular weight is 463 g/mol. The van der Waals surface area contributed by atoms with Crippen LogP contribution in [0.1, 0.15) is 34.3 Å². The summed E-state index contributed by atoms with van der Waals surface area (Å²) in [5.41, 5.74) is 2.92. The number of anilines is 2. The topological polar surface area (TPSA) is 82.6 Å². The second kappa shape index (κ2) is 8.86. The molecule has 0 unspecified atom stereocenters. The number of sulfonamides is 1. The lowest BCUT2D eigenvalue weighted by Crippen LogP contribution is -2.29. The first-order valence-electron chi connectivity index (χ1n) is 11.2. The maximum absolute atomic E-state index is 13.3. The predicted molar refractivity (Wildman–Crippen MR) is 128 cm³/mol. The summed E-state index contributed by atoms with van der Waals surface area (Å²) in [6, 6.07) is 17.7. The van der Waals surface area contributed by atoms with Crippen molar-refractivity contribution in [3.8, 4) is 0 Å². The van der Waals surface area contributed by atoms with E-state index in [-0.39, 0.29) is 10.8 Å². The highest BCUT2D eigenvalue weighted by Crippen LogP contribution is 2.32. The fourth-order valence-corrected chi connectivity index (χ4v) is 5.97. The molecule has 0 aliphatic carbocycles. The van der Waals surface area contributed by atoms with Gasteiger partial charge in [-0.15, -0.1) is 0 Å². The maximum Gasteiger partial charge on any atom is 0.264 e. The van der Waals surface area contributed by atoms with E-state index >= 15 is 0 Å². The molecule has 0 bridgehead atoms. The highest BCUT2D eigenvalue weighted by molar-refractivity contribution is 7.92. The Morgan fingerprint density at radius 3 is 2.58 bits per heavy atom. The van der Waals surface area contributed by atoms with Crippen molar-refractivity contribution in [2.45, 2.75) is 30.7 Å². The smallest absolute Gasteiger partial charge is 0.264 e. The number of fused-ring (bicyclic) bond motifs is 1. The van der Waals surface area contributed by atoms with Gasteiger partial charge in [0.05, 0.1) is 10.6 Å². The van der Waals surface area contributed by atoms with Crippen LogP contribution in [0.4, 0.5) is 11.5 Å². The van der Waals surface area contributed by atoms with Crippen LogP contribution in [0.15, 0.2) is 71.8 Å². The summed E-state index contributed by atoms with van der Waals surface area (Å²) >= 11 is 0. The largest absolute Gasteiger partial charge is 0.357 e. The van der Waals surface area contributed by atoms with Crippen molar-refractivity contribution in [3.63, 3.8) is 0 Å². The second-order valence-electron chi connectivity index (χ2n) is 8.39. The van der Waals surface area contributed by atoms with Gasteiger partial charge in [0.2, 0.25) is 0 Å². The van der Waals surface area contributed by atoms with Crippen LogP contribution in [0.5, 0.6) is 0 Å². The summed E-state index contributed by atoms with van der Waals surface area (Å²) < 4.78 is 28.0. The Bertz CT molecular complexity index is 1270. The van der Waals surface area contributed by atoms with Gasteiger partial charge >= 0.3 is 0 Å². The quantitative estimate of drug-likeness (QED) is 0.607. The Morgan fingerprint density at radius 1 is 0.970 bits per heavy atom. The molecule has 1 amide bonds. The highest BCUT2D eigenvalue weighted by atomic mass is 32.2. The molecule has 170 valence electrons. The number of aromatic nitrogens is 1. The molecule has 1 fully saturated rings. The van der Waals surface area contributed by atoms with Crippen LogP contribution in [-0.4, -0.2) is 38.9 Å². The van der Waals surface area contributed by atoms with Crippen molar-refractivity contribution in [2.75, 3.05) is 28.8 Å². The summed E-state index contributed by atoms with van der Waals surface area (Å²) in [5, 5.41) is 2.87. The van der Waals surface area contributed by atoms with E-state index in [1.807, 2.05) is 36.4 Å². The van der Waals surface area contributed by atoms with Crippen LogP contribution in [0.3, 0.4) is 0 Å². The molecule has 2 aliphatic heterocycles. The summed E-state index contributed by atoms with van der Waals surface area (Å²) in [4.78, 5) is 19.6. The molecule has 0 radical (unpaired) electrons. The zero-order chi connectivity index (χ0) is 22.8. The molecule has 7 nitrogen and oxygen atoms in total. The van der Waals surface area contributed by atoms with Gasteiger partial charge < -0.3 is 10.2 Å². The van der Waals surface area contributed by atoms with Crippen molar-refractivity contribution in [2.24, 2.45) is 0 Å². The van der Waals surface area contributed by atoms with Gasteiger partial charge in [-0.05, 0) is 60.7 Å². The van der Waals surface area contributed by atoms with Gasteiger partial charge in [0.1, 0.15) is 5.82 Å². The van der Waals surface area contributed by atoms with Gasteiger partial charge in [-0.25, -0.2) is 13.4 Å². The minimum atomic E-state index is -3.75. The van der Waals surface area contributed by atoms with Crippen molar-refractivity contribution in [3.05, 3.63) is 83.6 Å². The first-order valence-corrected chi connectivity index (χ1v) is 12.7. The molecule has 3 heterocycles. The molecule has 8 heteroatoms. The maximum atomic E-state index is 13.3. The number of hydrogen-bond acceptors (Lipinski definition) is 5. The lowest BCUT2D eigenvalue weighted by atomic mass is 10.2. The summed E-state index contributed by atoms with van der Waals surface area (Å²) in [6.45, 7) is 2.79. The number of pyridine rings is 1. The predicted octanol–water partition coefficient (Wildman–Crippen LogP) is 3.36. The van der Waals surface area contributed by atoms with E-state index < -0.39 is 10.0 Å². The van der Waals surface area contributed by atoms with Crippen LogP contribution < -0.4 is 14.5 Å². The number of benzene rings is 2. The van der Waals surface area contributed by atoms with E-state index in [1.165, 1.54) is 29.3 Å². The van der Waals surface area contributed by atoms with Gasteiger partial charge in [-0.3, -0.25) is 9.10 Å². The molecule has 1 N–H and O–H groups in total. The zero-order valence-electron chi connectivity index (χ0n) is 18.3. The van der Waals surface area contributed by atoms with Crippen LogP contribution in [0, 0.1) is 0 Å². The second-order valence-corrected chi connectivity index (χ2v) is 10.2. The molecule has 3 aromatic rings. The number of nitrogens with one attached hydrogen (secondary N) is 1. The van der Waals surface area contributed by atoms with Crippen LogP contribution in [-0.2, 0) is 23.0 Å². The van der Waals surface area contributed by atoms with Crippen molar-refractivity contribution in [1.82, 2.24) is 10.3 Å². The van der Waals surface area contributed by atoms with Gasteiger partial charge in [-0.1, -0.05) is 30.3 Å². The number of amides is 1. The van der Waals surface area contributed by atoms with E-state index in [2.05, 4.69) is 15.2 Å². The lowest BCUT2D eigenvalue weighted by Gasteiger charge is -2.20. The number of carbonyl (C=O) groups is 1. The third-order valence-corrected chi connectivity index (χ3v) is 8.03. The monoisotopic (exact) mass is 462 g/mol. The van der Waals surface area contributed by atoms with Crippen LogP contribution in [0.2, 0.25) is 0 Å². The van der Waals surface area contributed by atoms with E-state index in [9.17, 15) is 13.2 Å². The Kier molecular flexibility index (Phi) is 5.76. The molecule has 2 aromatic carbocycles. The molecule has 5 rings (SSSR count). The van der Waals surface area contributed by atoms with Gasteiger partial charge in [0, 0.05) is 37.9 Å². The summed E-state index contributed by atoms with van der Waals surface area (Å²) in [5.74, 6) is 0.640. The normalized spacial score (nSPS) is 15.5. The fourth-order valence-electron chi connectivity index (χ4n) is 4.42. The Hall–Kier alpha value is -3.39. The number of para-hydroxylation sites is 1. The van der Waals surface area contributed by atoms with E-state index in [0.717, 1.165) is 30.0 Å². The third kappa shape index (κ3) is 4.30. The first-order chi connectivity index (χ1) is 16.0. The van der Waals surface area contributed by atoms with E-state index in [4.69, 9.17) is 0 Å². The molecule has 0 spiro atoms. The van der Waals surface area contributed by atoms with Gasteiger partial charge in [-0.2, -0.15) is 0 Å². The molecule has 33 heavy (non-hydrogen) atoms. The Morgan fingerprint density at radius 2 is 1.79 bits per heavy atom. The highest BCUT2D eigenvalue weighted by Gasteiger charge is 2.30. The number of hydrogen-bond donors (Lipinski definition) is 1. The fraction of sp³-hybridized carbons (Fsp3) is 0.280. The van der Waals surface area contributed by atoms with Crippen molar-refractivity contribution >= 4 is 27.4 Å². The van der Waals surface area contributed by atoms with E-state index in [1.54, 1.807) is 18.3 Å². The standard InChI is InChI=1S/C25H26N4O3S/c30-25(27-18-19-10-11-24(26-17-19)28-13-3-4-14-28)21-7-5-8-22(16-21)33(31,32)29-15-12-20-6-1-2-9-23(20)29/h1-2,5-11,16-17H,3-4,12-15,18H2,(H,27,30). The molecule has 1 aromatic heterocycles. The minimum absolute atomic E-state index is 0.114. The first kappa shape index (κ1) is 21.5. The summed E-state index contributed by atoms with van der Waals surface area (Å²) in [7, 11) is -3.75. The van der Waals surface area contributed by atoms with Gasteiger partial charge in [0.25, 0.3) is 15.9 Å². The Labute approximate surface area is 194 Å². The SMILES string of the molecule is O=C(NCc1ccc(N2CCCC2)nc1)c1cccc(S(=O)(=O)N2CCc3ccccc32)c1. The molecular formula is C25H26N4O3S. The third-order valence-electron chi connectivity index (χ3n) is 6.22. The summed E-state index contributed by atoms with van der Waals surface area (Å²) in [6.07, 6.45) is 4.84. The number of carbonyl (C=O) groups excluding carboxylic acids is 1.